The lowest BCUT2D eigenvalue weighted by molar-refractivity contribution is 0.945. The molecule has 2 heterocycles. The maximum atomic E-state index is 6.06. The van der Waals surface area contributed by atoms with Crippen LogP contribution in [0, 0.1) is 0 Å². The van der Waals surface area contributed by atoms with Crippen molar-refractivity contribution >= 4 is 17.4 Å². The molecule has 0 aliphatic carbocycles. The van der Waals surface area contributed by atoms with Crippen LogP contribution in [0.25, 0.3) is 28.3 Å². The zero-order valence-electron chi connectivity index (χ0n) is 12.1. The Labute approximate surface area is 133 Å². The van der Waals surface area contributed by atoms with Crippen LogP contribution in [0.4, 0.5) is 0 Å². The average Bonchev–Trinajstić information content (AvgIpc) is 3.08. The van der Waals surface area contributed by atoms with Gasteiger partial charge in [-0.2, -0.15) is 0 Å². The van der Waals surface area contributed by atoms with E-state index in [1.54, 1.807) is 0 Å². The summed E-state index contributed by atoms with van der Waals surface area (Å²) in [5, 5.41) is 0.722. The second-order valence-corrected chi connectivity index (χ2v) is 5.72. The monoisotopic (exact) mass is 307 g/mol. The van der Waals surface area contributed by atoms with Crippen molar-refractivity contribution in [2.45, 2.75) is 0 Å². The van der Waals surface area contributed by atoms with E-state index in [4.69, 9.17) is 16.6 Å². The molecule has 0 saturated heterocycles. The number of hydrogen-bond acceptors (Lipinski definition) is 1. The van der Waals surface area contributed by atoms with Crippen molar-refractivity contribution in [3.63, 3.8) is 0 Å². The molecule has 2 aromatic carbocycles. The molecule has 0 spiro atoms. The van der Waals surface area contributed by atoms with Gasteiger partial charge in [-0.3, -0.25) is 4.40 Å². The lowest BCUT2D eigenvalue weighted by Crippen LogP contribution is -1.92. The highest BCUT2D eigenvalue weighted by molar-refractivity contribution is 6.30. The Bertz CT molecular complexity index is 951. The van der Waals surface area contributed by atoms with Gasteiger partial charge in [0.15, 0.2) is 0 Å². The molecule has 22 heavy (non-hydrogen) atoms. The van der Waals surface area contributed by atoms with E-state index in [-0.39, 0.29) is 0 Å². The van der Waals surface area contributed by atoms with Crippen LogP contribution in [0.15, 0.2) is 67.0 Å². The third-order valence-electron chi connectivity index (χ3n) is 3.83. The number of rotatable bonds is 2. The molecule has 4 aromatic rings. The summed E-state index contributed by atoms with van der Waals surface area (Å²) in [5.74, 6) is 0.911. The molecule has 0 amide bonds. The van der Waals surface area contributed by atoms with Crippen LogP contribution in [0.1, 0.15) is 0 Å². The number of hydrogen-bond donors (Lipinski definition) is 0. The van der Waals surface area contributed by atoms with Gasteiger partial charge in [0.2, 0.25) is 5.78 Å². The molecule has 0 fully saturated rings. The summed E-state index contributed by atoms with van der Waals surface area (Å²) < 4.78 is 4.15. The van der Waals surface area contributed by atoms with E-state index in [0.717, 1.165) is 27.8 Å². The molecule has 4 heteroatoms. The minimum absolute atomic E-state index is 0.722. The van der Waals surface area contributed by atoms with Crippen LogP contribution in [-0.2, 0) is 7.05 Å². The van der Waals surface area contributed by atoms with Crippen LogP contribution in [-0.4, -0.2) is 14.0 Å². The first-order chi connectivity index (χ1) is 10.7. The second kappa shape index (κ2) is 5.04. The van der Waals surface area contributed by atoms with Crippen molar-refractivity contribution < 1.29 is 0 Å². The first-order valence-corrected chi connectivity index (χ1v) is 7.46. The zero-order chi connectivity index (χ0) is 15.1. The summed E-state index contributed by atoms with van der Waals surface area (Å²) in [6.07, 6.45) is 4.14. The maximum absolute atomic E-state index is 6.06. The molecule has 0 aliphatic heterocycles. The second-order valence-electron chi connectivity index (χ2n) is 5.28. The van der Waals surface area contributed by atoms with Crippen molar-refractivity contribution in [3.8, 4) is 22.5 Å². The van der Waals surface area contributed by atoms with Gasteiger partial charge in [0.05, 0.1) is 11.4 Å². The molecule has 0 saturated carbocycles. The van der Waals surface area contributed by atoms with E-state index in [0.29, 0.717) is 0 Å². The van der Waals surface area contributed by atoms with Gasteiger partial charge < -0.3 is 4.57 Å². The van der Waals surface area contributed by atoms with E-state index in [9.17, 15) is 0 Å². The Morgan fingerprint density at radius 1 is 0.909 bits per heavy atom. The van der Waals surface area contributed by atoms with Crippen molar-refractivity contribution in [2.24, 2.45) is 7.05 Å². The number of fused-ring (bicyclic) bond motifs is 1. The summed E-state index contributed by atoms with van der Waals surface area (Å²) in [6.45, 7) is 0. The summed E-state index contributed by atoms with van der Waals surface area (Å²) >= 11 is 6.06. The highest BCUT2D eigenvalue weighted by Crippen LogP contribution is 2.26. The predicted octanol–water partition coefficient (Wildman–Crippen LogP) is 4.66. The fourth-order valence-corrected chi connectivity index (χ4v) is 2.91. The number of nitrogens with zero attached hydrogens (tertiary/aromatic N) is 3. The molecule has 0 N–H and O–H groups in total. The lowest BCUT2D eigenvalue weighted by atomic mass is 10.1. The van der Waals surface area contributed by atoms with Crippen LogP contribution >= 0.6 is 11.6 Å². The third kappa shape index (κ3) is 2.11. The Morgan fingerprint density at radius 2 is 1.68 bits per heavy atom. The number of imidazole rings is 2. The Hall–Kier alpha value is -2.52. The summed E-state index contributed by atoms with van der Waals surface area (Å²) in [7, 11) is 2.03. The lowest BCUT2D eigenvalue weighted by Gasteiger charge is -2.02. The smallest absolute Gasteiger partial charge is 0.214 e. The minimum atomic E-state index is 0.722. The van der Waals surface area contributed by atoms with Gasteiger partial charge in [0.25, 0.3) is 0 Å². The van der Waals surface area contributed by atoms with E-state index in [1.165, 1.54) is 5.56 Å². The fourth-order valence-electron chi connectivity index (χ4n) is 2.72. The molecule has 4 rings (SSSR count). The van der Waals surface area contributed by atoms with Crippen LogP contribution in [0.2, 0.25) is 5.02 Å². The fraction of sp³-hybridized carbons (Fsp3) is 0.0556. The minimum Gasteiger partial charge on any atom is -0.313 e. The molecular weight excluding hydrogens is 294 g/mol. The van der Waals surface area contributed by atoms with Gasteiger partial charge in [0, 0.05) is 30.0 Å². The molecule has 0 bridgehead atoms. The van der Waals surface area contributed by atoms with Gasteiger partial charge in [-0.15, -0.1) is 0 Å². The van der Waals surface area contributed by atoms with Crippen molar-refractivity contribution in [1.82, 2.24) is 14.0 Å². The molecular formula is C18H14ClN3. The van der Waals surface area contributed by atoms with Crippen molar-refractivity contribution in [3.05, 3.63) is 72.0 Å². The molecule has 0 aliphatic rings. The quantitative estimate of drug-likeness (QED) is 0.528. The zero-order valence-corrected chi connectivity index (χ0v) is 12.8. The standard InChI is InChI=1S/C18H14ClN3/c1-21-17(13-6-3-2-4-7-13)12-22-11-16(20-18(21)22)14-8-5-9-15(19)10-14/h2-12H,1H3. The number of halogens is 1. The van der Waals surface area contributed by atoms with E-state index in [1.807, 2.05) is 55.7 Å². The number of aromatic nitrogens is 3. The summed E-state index contributed by atoms with van der Waals surface area (Å²) in [6, 6.07) is 18.1. The van der Waals surface area contributed by atoms with Crippen molar-refractivity contribution in [1.29, 1.82) is 0 Å². The number of benzene rings is 2. The first-order valence-electron chi connectivity index (χ1n) is 7.08. The first kappa shape index (κ1) is 13.2. The highest BCUT2D eigenvalue weighted by Gasteiger charge is 2.12. The van der Waals surface area contributed by atoms with Gasteiger partial charge in [0.1, 0.15) is 0 Å². The molecule has 2 aromatic heterocycles. The van der Waals surface area contributed by atoms with Gasteiger partial charge in [-0.1, -0.05) is 54.1 Å². The van der Waals surface area contributed by atoms with E-state index < -0.39 is 0 Å². The molecule has 0 radical (unpaired) electrons. The molecule has 0 unspecified atom stereocenters. The largest absolute Gasteiger partial charge is 0.313 e. The highest BCUT2D eigenvalue weighted by atomic mass is 35.5. The summed E-state index contributed by atoms with van der Waals surface area (Å²) in [5.41, 5.74) is 4.27. The van der Waals surface area contributed by atoms with E-state index in [2.05, 4.69) is 27.3 Å². The SMILES string of the molecule is Cn1c(-c2ccccc2)cn2cc(-c3cccc(Cl)c3)nc12. The summed E-state index contributed by atoms with van der Waals surface area (Å²) in [4.78, 5) is 4.74. The number of aryl methyl sites for hydroxylation is 1. The van der Waals surface area contributed by atoms with Crippen LogP contribution in [0.3, 0.4) is 0 Å². The normalized spacial score (nSPS) is 11.2. The van der Waals surface area contributed by atoms with E-state index >= 15 is 0 Å². The molecule has 0 atom stereocenters. The Balaban J connectivity index is 1.84. The van der Waals surface area contributed by atoms with Gasteiger partial charge >= 0.3 is 0 Å². The average molecular weight is 308 g/mol. The predicted molar refractivity (Wildman–Crippen MR) is 90.0 cm³/mol. The maximum Gasteiger partial charge on any atom is 0.214 e. The van der Waals surface area contributed by atoms with Gasteiger partial charge in [-0.05, 0) is 17.7 Å². The van der Waals surface area contributed by atoms with Crippen LogP contribution in [0.5, 0.6) is 0 Å². The van der Waals surface area contributed by atoms with Crippen LogP contribution < -0.4 is 0 Å². The van der Waals surface area contributed by atoms with Crippen molar-refractivity contribution in [2.75, 3.05) is 0 Å². The Morgan fingerprint density at radius 3 is 2.41 bits per heavy atom. The molecule has 108 valence electrons. The Kier molecular flexibility index (Phi) is 3.01. The third-order valence-corrected chi connectivity index (χ3v) is 4.06. The van der Waals surface area contributed by atoms with Gasteiger partial charge in [-0.25, -0.2) is 4.98 Å². The molecule has 3 nitrogen and oxygen atoms in total. The topological polar surface area (TPSA) is 22.2 Å².